The van der Waals surface area contributed by atoms with E-state index in [1.807, 2.05) is 0 Å². The molecule has 1 heterocycles. The largest absolute Gasteiger partial charge is 0.396 e. The van der Waals surface area contributed by atoms with Crippen LogP contribution in [0.3, 0.4) is 0 Å². The van der Waals surface area contributed by atoms with Gasteiger partial charge in [-0.25, -0.2) is 10.1 Å². The lowest BCUT2D eigenvalue weighted by molar-refractivity contribution is -0.160. The van der Waals surface area contributed by atoms with Crippen LogP contribution in [0, 0.1) is 0 Å². The van der Waals surface area contributed by atoms with Gasteiger partial charge in [-0.2, -0.15) is 0 Å². The Morgan fingerprint density at radius 1 is 0.794 bits per heavy atom. The number of hydrogen-bond donors (Lipinski definition) is 6. The summed E-state index contributed by atoms with van der Waals surface area (Å²) in [5, 5.41) is 43.6. The maximum absolute atomic E-state index is 12.3. The van der Waals surface area contributed by atoms with E-state index < -0.39 is 35.7 Å². The predicted octanol–water partition coefficient (Wildman–Crippen LogP) is -0.377. The summed E-state index contributed by atoms with van der Waals surface area (Å²) in [6.45, 7) is 3.06. The molecule has 2 atom stereocenters. The molecule has 192 valence electrons. The lowest BCUT2D eigenvalue weighted by Crippen LogP contribution is -2.61. The summed E-state index contributed by atoms with van der Waals surface area (Å²) in [5.41, 5.74) is 1.25. The van der Waals surface area contributed by atoms with Crippen LogP contribution in [0.2, 0.25) is 0 Å². The Kier molecular flexibility index (Phi) is 13.0. The molecule has 1 rings (SSSR count). The van der Waals surface area contributed by atoms with Crippen LogP contribution in [0.4, 0.5) is 0 Å². The third-order valence-corrected chi connectivity index (χ3v) is 5.25. The van der Waals surface area contributed by atoms with Crippen molar-refractivity contribution in [1.29, 1.82) is 0 Å². The first-order chi connectivity index (χ1) is 16.1. The fraction of sp³-hybridized carbons (Fsp3) is 0.636. The van der Waals surface area contributed by atoms with Gasteiger partial charge in [-0.05, 0) is 52.4 Å². The van der Waals surface area contributed by atoms with Crippen LogP contribution in [-0.4, -0.2) is 92.8 Å². The molecule has 0 radical (unpaired) electrons. The topological polar surface area (TPSA) is 180 Å². The Bertz CT molecular complexity index is 719. The van der Waals surface area contributed by atoms with Gasteiger partial charge in [-0.3, -0.25) is 29.6 Å². The summed E-state index contributed by atoms with van der Waals surface area (Å²) < 4.78 is 0. The molecule has 0 aliphatic carbocycles. The van der Waals surface area contributed by atoms with E-state index in [1.54, 1.807) is 13.8 Å². The number of rotatable bonds is 14. The highest BCUT2D eigenvalue weighted by Gasteiger charge is 2.33. The van der Waals surface area contributed by atoms with Crippen molar-refractivity contribution in [2.24, 2.45) is 0 Å². The van der Waals surface area contributed by atoms with Gasteiger partial charge in [-0.1, -0.05) is 11.1 Å². The highest BCUT2D eigenvalue weighted by atomic mass is 16.5. The smallest absolute Gasteiger partial charge is 0.269 e. The number of aliphatic hydroxyl groups is 2. The van der Waals surface area contributed by atoms with Gasteiger partial charge in [0.1, 0.15) is 12.1 Å². The zero-order valence-corrected chi connectivity index (χ0v) is 19.7. The van der Waals surface area contributed by atoms with Crippen LogP contribution < -0.4 is 10.6 Å². The Labute approximate surface area is 198 Å². The van der Waals surface area contributed by atoms with Crippen LogP contribution in [0.25, 0.3) is 0 Å². The van der Waals surface area contributed by atoms with E-state index >= 15 is 0 Å². The molecule has 12 heteroatoms. The van der Waals surface area contributed by atoms with Crippen LogP contribution in [0.1, 0.15) is 52.4 Å². The van der Waals surface area contributed by atoms with Gasteiger partial charge >= 0.3 is 0 Å². The SMILES string of the molecule is C/C(=C\C(=O)N(O)CCC[C@@H]1NC(=O)[C@H](CCCN(O)C(=O)/C=C(\C)CCO)NC1=O)CCO. The zero-order valence-electron chi connectivity index (χ0n) is 19.7. The van der Waals surface area contributed by atoms with Gasteiger partial charge in [0.15, 0.2) is 0 Å². The van der Waals surface area contributed by atoms with Crippen LogP contribution in [0.15, 0.2) is 23.3 Å². The zero-order chi connectivity index (χ0) is 25.7. The molecule has 0 saturated carbocycles. The van der Waals surface area contributed by atoms with Gasteiger partial charge in [-0.15, -0.1) is 0 Å². The molecule has 34 heavy (non-hydrogen) atoms. The van der Waals surface area contributed by atoms with E-state index in [2.05, 4.69) is 10.6 Å². The van der Waals surface area contributed by atoms with Crippen LogP contribution in [-0.2, 0) is 19.2 Å². The molecule has 4 amide bonds. The predicted molar refractivity (Wildman–Crippen MR) is 120 cm³/mol. The summed E-state index contributed by atoms with van der Waals surface area (Å²) in [6.07, 6.45) is 4.06. The van der Waals surface area contributed by atoms with Crippen molar-refractivity contribution in [3.8, 4) is 0 Å². The quantitative estimate of drug-likeness (QED) is 0.110. The second kappa shape index (κ2) is 15.2. The molecule has 1 fully saturated rings. The Hall–Kier alpha value is -2.80. The summed E-state index contributed by atoms with van der Waals surface area (Å²) in [6, 6.07) is -1.59. The molecular formula is C22H36N4O8. The summed E-state index contributed by atoms with van der Waals surface area (Å²) >= 11 is 0. The minimum atomic E-state index is -0.797. The number of hydroxylamine groups is 4. The maximum Gasteiger partial charge on any atom is 0.269 e. The standard InChI is InChI=1S/C22H36N4O8/c1-15(7-11-27)13-19(29)25(33)9-3-5-17-21(31)24-18(22(32)23-17)6-4-10-26(34)20(30)14-16(2)8-12-28/h13-14,17-18,27-28,33-34H,3-12H2,1-2H3,(H,23,32)(H,24,31)/b15-13+,16-14+/t17-,18-/m0/s1. The van der Waals surface area contributed by atoms with E-state index in [9.17, 15) is 29.6 Å². The average Bonchev–Trinajstić information content (AvgIpc) is 2.76. The van der Waals surface area contributed by atoms with Crippen molar-refractivity contribution in [3.63, 3.8) is 0 Å². The Balaban J connectivity index is 2.40. The molecular weight excluding hydrogens is 448 g/mol. The van der Waals surface area contributed by atoms with Crippen molar-refractivity contribution in [2.45, 2.75) is 64.5 Å². The molecule has 1 saturated heterocycles. The highest BCUT2D eigenvalue weighted by molar-refractivity contribution is 5.96. The number of piperazine rings is 1. The summed E-state index contributed by atoms with van der Waals surface area (Å²) in [5.74, 6) is -2.03. The third kappa shape index (κ3) is 10.4. The Morgan fingerprint density at radius 2 is 1.15 bits per heavy atom. The first-order valence-electron chi connectivity index (χ1n) is 11.3. The average molecular weight is 485 g/mol. The second-order valence-electron chi connectivity index (χ2n) is 8.26. The molecule has 1 aliphatic heterocycles. The Morgan fingerprint density at radius 3 is 1.47 bits per heavy atom. The second-order valence-corrected chi connectivity index (χ2v) is 8.26. The van der Waals surface area contributed by atoms with Crippen molar-refractivity contribution in [2.75, 3.05) is 26.3 Å². The molecule has 0 spiro atoms. The fourth-order valence-corrected chi connectivity index (χ4v) is 3.26. The van der Waals surface area contributed by atoms with Gasteiger partial charge in [0.05, 0.1) is 0 Å². The molecule has 0 aromatic carbocycles. The van der Waals surface area contributed by atoms with Crippen molar-refractivity contribution >= 4 is 23.6 Å². The first-order valence-corrected chi connectivity index (χ1v) is 11.3. The van der Waals surface area contributed by atoms with Crippen LogP contribution >= 0.6 is 0 Å². The highest BCUT2D eigenvalue weighted by Crippen LogP contribution is 2.10. The van der Waals surface area contributed by atoms with E-state index in [0.29, 0.717) is 34.1 Å². The summed E-state index contributed by atoms with van der Waals surface area (Å²) in [4.78, 5) is 48.4. The molecule has 0 aromatic heterocycles. The van der Waals surface area contributed by atoms with Crippen molar-refractivity contribution in [3.05, 3.63) is 23.3 Å². The van der Waals surface area contributed by atoms with E-state index in [0.717, 1.165) is 0 Å². The number of nitrogens with one attached hydrogen (secondary N) is 2. The molecule has 0 aromatic rings. The third-order valence-electron chi connectivity index (χ3n) is 5.25. The molecule has 12 nitrogen and oxygen atoms in total. The van der Waals surface area contributed by atoms with Gasteiger partial charge in [0.25, 0.3) is 11.8 Å². The lowest BCUT2D eigenvalue weighted by Gasteiger charge is -2.30. The molecule has 1 aliphatic rings. The minimum Gasteiger partial charge on any atom is -0.396 e. The molecule has 0 bridgehead atoms. The normalized spacial score (nSPS) is 18.9. The van der Waals surface area contributed by atoms with Crippen molar-refractivity contribution in [1.82, 2.24) is 20.8 Å². The number of carbonyl (C=O) groups is 4. The van der Waals surface area contributed by atoms with Crippen LogP contribution in [0.5, 0.6) is 0 Å². The minimum absolute atomic E-state index is 0.0304. The number of aliphatic hydroxyl groups excluding tert-OH is 2. The van der Waals surface area contributed by atoms with E-state index in [-0.39, 0.29) is 52.0 Å². The number of nitrogens with zero attached hydrogens (tertiary/aromatic N) is 2. The van der Waals surface area contributed by atoms with E-state index in [1.165, 1.54) is 12.2 Å². The first kappa shape index (κ1) is 29.2. The number of carbonyl (C=O) groups excluding carboxylic acids is 4. The monoisotopic (exact) mass is 484 g/mol. The molecule has 0 unspecified atom stereocenters. The maximum atomic E-state index is 12.3. The van der Waals surface area contributed by atoms with Gasteiger partial charge in [0, 0.05) is 38.5 Å². The fourth-order valence-electron chi connectivity index (χ4n) is 3.26. The van der Waals surface area contributed by atoms with Gasteiger partial charge < -0.3 is 20.8 Å². The number of amides is 4. The van der Waals surface area contributed by atoms with Gasteiger partial charge in [0.2, 0.25) is 11.8 Å². The molecule has 6 N–H and O–H groups in total. The number of hydrogen-bond acceptors (Lipinski definition) is 8. The lowest BCUT2D eigenvalue weighted by atomic mass is 10.0. The van der Waals surface area contributed by atoms with Crippen molar-refractivity contribution < 1.29 is 39.8 Å². The van der Waals surface area contributed by atoms with E-state index in [4.69, 9.17) is 10.2 Å². The summed E-state index contributed by atoms with van der Waals surface area (Å²) in [7, 11) is 0.